The molecule has 0 fully saturated rings. The van der Waals surface area contributed by atoms with E-state index < -0.39 is 0 Å². The minimum Gasteiger partial charge on any atom is -0.336 e. The molecule has 1 heterocycles. The van der Waals surface area contributed by atoms with Crippen LogP contribution in [0.2, 0.25) is 10.2 Å². The highest BCUT2D eigenvalue weighted by Gasteiger charge is 2.09. The van der Waals surface area contributed by atoms with Gasteiger partial charge in [0.2, 0.25) is 0 Å². The number of nitrogens with zero attached hydrogens (tertiary/aromatic N) is 2. The van der Waals surface area contributed by atoms with Crippen molar-refractivity contribution in [1.29, 1.82) is 0 Å². The Morgan fingerprint density at radius 1 is 1.00 bits per heavy atom. The molecule has 0 spiro atoms. The van der Waals surface area contributed by atoms with Gasteiger partial charge in [0, 0.05) is 0 Å². The number of benzene rings is 1. The fourth-order valence-corrected chi connectivity index (χ4v) is 2.00. The summed E-state index contributed by atoms with van der Waals surface area (Å²) in [6, 6.07) is 5.74. The Bertz CT molecular complexity index is 597. The zero-order chi connectivity index (χ0) is 13.3. The third-order valence-electron chi connectivity index (χ3n) is 2.64. The van der Waals surface area contributed by atoms with Crippen LogP contribution in [0.25, 0.3) is 0 Å². The molecule has 94 valence electrons. The van der Waals surface area contributed by atoms with E-state index in [2.05, 4.69) is 15.3 Å². The lowest BCUT2D eigenvalue weighted by Crippen LogP contribution is -2.01. The predicted octanol–water partition coefficient (Wildman–Crippen LogP) is 4.45. The van der Waals surface area contributed by atoms with E-state index >= 15 is 0 Å². The van der Waals surface area contributed by atoms with Crippen molar-refractivity contribution in [1.82, 2.24) is 9.97 Å². The van der Waals surface area contributed by atoms with Crippen LogP contribution in [0.3, 0.4) is 0 Å². The summed E-state index contributed by atoms with van der Waals surface area (Å²) in [5.41, 5.74) is 3.52. The first-order chi connectivity index (χ1) is 8.47. The maximum Gasteiger partial charge on any atom is 0.172 e. The highest BCUT2D eigenvalue weighted by Crippen LogP contribution is 2.28. The van der Waals surface area contributed by atoms with Crippen molar-refractivity contribution < 1.29 is 0 Å². The monoisotopic (exact) mass is 281 g/mol. The van der Waals surface area contributed by atoms with Crippen LogP contribution in [-0.4, -0.2) is 9.97 Å². The van der Waals surface area contributed by atoms with Gasteiger partial charge in [0.05, 0.1) is 22.1 Å². The predicted molar refractivity (Wildman–Crippen MR) is 76.0 cm³/mol. The lowest BCUT2D eigenvalue weighted by atomic mass is 10.2. The van der Waals surface area contributed by atoms with Crippen LogP contribution in [0.5, 0.6) is 0 Å². The number of rotatable bonds is 2. The Labute approximate surface area is 116 Å². The van der Waals surface area contributed by atoms with Crippen molar-refractivity contribution in [3.05, 3.63) is 45.3 Å². The van der Waals surface area contributed by atoms with Crippen molar-refractivity contribution in [3.8, 4) is 0 Å². The van der Waals surface area contributed by atoms with E-state index in [0.29, 0.717) is 16.0 Å². The van der Waals surface area contributed by atoms with E-state index in [1.807, 2.05) is 39.0 Å². The van der Waals surface area contributed by atoms with Crippen LogP contribution in [0.1, 0.15) is 17.0 Å². The molecule has 1 N–H and O–H groups in total. The smallest absolute Gasteiger partial charge is 0.172 e. The standard InChI is InChI=1S/C13H13Cl2N3/c1-7-4-5-11(10(14)6-7)18-13-12(15)16-8(2)9(3)17-13/h4-6H,1-3H3,(H,17,18). The van der Waals surface area contributed by atoms with E-state index in [-0.39, 0.29) is 0 Å². The fraction of sp³-hybridized carbons (Fsp3) is 0.231. The van der Waals surface area contributed by atoms with Crippen LogP contribution >= 0.6 is 23.2 Å². The Kier molecular flexibility index (Phi) is 3.73. The summed E-state index contributed by atoms with van der Waals surface area (Å²) in [6.45, 7) is 5.75. The molecule has 5 heteroatoms. The van der Waals surface area contributed by atoms with Crippen molar-refractivity contribution in [2.75, 3.05) is 5.32 Å². The molecular weight excluding hydrogens is 269 g/mol. The Morgan fingerprint density at radius 2 is 1.67 bits per heavy atom. The maximum atomic E-state index is 6.15. The third-order valence-corrected chi connectivity index (χ3v) is 3.22. The van der Waals surface area contributed by atoms with Crippen LogP contribution < -0.4 is 5.32 Å². The molecule has 0 aliphatic heterocycles. The molecule has 0 radical (unpaired) electrons. The molecular formula is C13H13Cl2N3. The van der Waals surface area contributed by atoms with Crippen LogP contribution in [0.4, 0.5) is 11.5 Å². The van der Waals surface area contributed by atoms with E-state index in [0.717, 1.165) is 22.6 Å². The topological polar surface area (TPSA) is 37.8 Å². The highest BCUT2D eigenvalue weighted by atomic mass is 35.5. The second-order valence-corrected chi connectivity index (χ2v) is 4.91. The largest absolute Gasteiger partial charge is 0.336 e. The van der Waals surface area contributed by atoms with Crippen LogP contribution in [0, 0.1) is 20.8 Å². The van der Waals surface area contributed by atoms with E-state index in [1.165, 1.54) is 0 Å². The van der Waals surface area contributed by atoms with Gasteiger partial charge in [-0.2, -0.15) is 0 Å². The van der Waals surface area contributed by atoms with Gasteiger partial charge >= 0.3 is 0 Å². The minimum absolute atomic E-state index is 0.342. The van der Waals surface area contributed by atoms with Gasteiger partial charge in [0.15, 0.2) is 11.0 Å². The van der Waals surface area contributed by atoms with Crippen molar-refractivity contribution in [2.45, 2.75) is 20.8 Å². The summed E-state index contributed by atoms with van der Waals surface area (Å²) < 4.78 is 0. The number of aromatic nitrogens is 2. The summed E-state index contributed by atoms with van der Waals surface area (Å²) in [7, 11) is 0. The maximum absolute atomic E-state index is 6.15. The lowest BCUT2D eigenvalue weighted by Gasteiger charge is -2.11. The number of halogens is 2. The number of aryl methyl sites for hydroxylation is 3. The minimum atomic E-state index is 0.342. The number of hydrogen-bond acceptors (Lipinski definition) is 3. The van der Waals surface area contributed by atoms with Gasteiger partial charge in [-0.05, 0) is 38.5 Å². The Morgan fingerprint density at radius 3 is 2.33 bits per heavy atom. The zero-order valence-corrected chi connectivity index (χ0v) is 11.9. The summed E-state index contributed by atoms with van der Waals surface area (Å²) in [5.74, 6) is 0.519. The van der Waals surface area contributed by atoms with Gasteiger partial charge in [-0.15, -0.1) is 0 Å². The fourth-order valence-electron chi connectivity index (χ4n) is 1.50. The molecule has 1 aromatic heterocycles. The summed E-state index contributed by atoms with van der Waals surface area (Å²) >= 11 is 12.2. The second-order valence-electron chi connectivity index (χ2n) is 4.14. The van der Waals surface area contributed by atoms with E-state index in [1.54, 1.807) is 0 Å². The number of nitrogens with one attached hydrogen (secondary N) is 1. The van der Waals surface area contributed by atoms with Gasteiger partial charge in [0.1, 0.15) is 0 Å². The van der Waals surface area contributed by atoms with Gasteiger partial charge in [-0.3, -0.25) is 0 Å². The summed E-state index contributed by atoms with van der Waals surface area (Å²) in [6.07, 6.45) is 0. The Balaban J connectivity index is 2.37. The third kappa shape index (κ3) is 2.74. The quantitative estimate of drug-likeness (QED) is 0.884. The summed E-state index contributed by atoms with van der Waals surface area (Å²) in [4.78, 5) is 8.58. The molecule has 2 rings (SSSR count). The molecule has 0 saturated heterocycles. The molecule has 0 unspecified atom stereocenters. The number of hydrogen-bond donors (Lipinski definition) is 1. The molecule has 0 atom stereocenters. The average molecular weight is 282 g/mol. The molecule has 18 heavy (non-hydrogen) atoms. The van der Waals surface area contributed by atoms with Crippen molar-refractivity contribution >= 4 is 34.7 Å². The van der Waals surface area contributed by atoms with Gasteiger partial charge in [0.25, 0.3) is 0 Å². The molecule has 0 bridgehead atoms. The first-order valence-corrected chi connectivity index (χ1v) is 6.27. The molecule has 2 aromatic rings. The zero-order valence-electron chi connectivity index (χ0n) is 10.4. The van der Waals surface area contributed by atoms with E-state index in [4.69, 9.17) is 23.2 Å². The molecule has 0 amide bonds. The molecule has 0 aliphatic rings. The number of anilines is 2. The molecule has 0 aliphatic carbocycles. The average Bonchev–Trinajstić information content (AvgIpc) is 2.29. The summed E-state index contributed by atoms with van der Waals surface area (Å²) in [5, 5.41) is 4.07. The van der Waals surface area contributed by atoms with Crippen LogP contribution in [-0.2, 0) is 0 Å². The first kappa shape index (κ1) is 13.1. The first-order valence-electron chi connectivity index (χ1n) is 5.51. The van der Waals surface area contributed by atoms with Gasteiger partial charge in [-0.1, -0.05) is 29.3 Å². The molecule has 3 nitrogen and oxygen atoms in total. The van der Waals surface area contributed by atoms with Crippen molar-refractivity contribution in [3.63, 3.8) is 0 Å². The Hall–Kier alpha value is -1.32. The normalized spacial score (nSPS) is 10.5. The molecule has 0 saturated carbocycles. The highest BCUT2D eigenvalue weighted by molar-refractivity contribution is 6.34. The van der Waals surface area contributed by atoms with Gasteiger partial charge in [-0.25, -0.2) is 9.97 Å². The lowest BCUT2D eigenvalue weighted by molar-refractivity contribution is 1.05. The van der Waals surface area contributed by atoms with Crippen LogP contribution in [0.15, 0.2) is 18.2 Å². The van der Waals surface area contributed by atoms with Gasteiger partial charge < -0.3 is 5.32 Å². The van der Waals surface area contributed by atoms with Crippen molar-refractivity contribution in [2.24, 2.45) is 0 Å². The second kappa shape index (κ2) is 5.12. The SMILES string of the molecule is Cc1ccc(Nc2nc(C)c(C)nc2Cl)c(Cl)c1. The van der Waals surface area contributed by atoms with E-state index in [9.17, 15) is 0 Å². The molecule has 1 aromatic carbocycles.